The molecule has 0 aliphatic carbocycles. The number of fused-ring (bicyclic) bond motifs is 4. The van der Waals surface area contributed by atoms with Gasteiger partial charge in [0.05, 0.1) is 30.2 Å². The zero-order chi connectivity index (χ0) is 27.1. The van der Waals surface area contributed by atoms with Gasteiger partial charge in [0.1, 0.15) is 18.2 Å². The summed E-state index contributed by atoms with van der Waals surface area (Å²) in [5, 5.41) is 0. The highest BCUT2D eigenvalue weighted by Gasteiger charge is 2.44. The Bertz CT molecular complexity index is 1320. The molecule has 0 bridgehead atoms. The van der Waals surface area contributed by atoms with E-state index in [1.165, 1.54) is 12.1 Å². The Hall–Kier alpha value is -3.52. The van der Waals surface area contributed by atoms with Gasteiger partial charge in [-0.15, -0.1) is 0 Å². The van der Waals surface area contributed by atoms with Crippen molar-refractivity contribution in [3.8, 4) is 22.9 Å². The number of hydrogen-bond acceptors (Lipinski definition) is 5. The van der Waals surface area contributed by atoms with Gasteiger partial charge in [0.2, 0.25) is 0 Å². The van der Waals surface area contributed by atoms with E-state index >= 15 is 0 Å². The summed E-state index contributed by atoms with van der Waals surface area (Å²) in [6.45, 7) is 9.29. The second kappa shape index (κ2) is 9.98. The summed E-state index contributed by atoms with van der Waals surface area (Å²) in [5.41, 5.74) is 1.30. The summed E-state index contributed by atoms with van der Waals surface area (Å²) >= 11 is 0. The maximum absolute atomic E-state index is 14.0. The first-order valence-electron chi connectivity index (χ1n) is 13.1. The zero-order valence-corrected chi connectivity index (χ0v) is 22.6. The van der Waals surface area contributed by atoms with Gasteiger partial charge >= 0.3 is 0 Å². The molecule has 0 unspecified atom stereocenters. The number of likely N-dealkylation sites (tertiary alicyclic amines) is 1. The van der Waals surface area contributed by atoms with E-state index in [-0.39, 0.29) is 17.8 Å². The van der Waals surface area contributed by atoms with Gasteiger partial charge in [0.15, 0.2) is 17.1 Å². The third kappa shape index (κ3) is 4.97. The molecular formula is C30H35FN2O5. The molecule has 0 saturated carbocycles. The van der Waals surface area contributed by atoms with Gasteiger partial charge in [-0.05, 0) is 70.2 Å². The summed E-state index contributed by atoms with van der Waals surface area (Å²) in [6, 6.07) is 13.9. The fourth-order valence-electron chi connectivity index (χ4n) is 5.45. The number of rotatable bonds is 7. The van der Waals surface area contributed by atoms with Crippen LogP contribution >= 0.6 is 0 Å². The number of methoxy groups -OCH3 is 1. The van der Waals surface area contributed by atoms with Crippen LogP contribution in [0.15, 0.2) is 54.7 Å². The van der Waals surface area contributed by atoms with Crippen LogP contribution in [0.25, 0.3) is 5.69 Å². The maximum Gasteiger partial charge on any atom is 0.253 e. The number of carbonyl (C=O) groups excluding carboxylic acids is 1. The first-order valence-corrected chi connectivity index (χ1v) is 13.1. The Balaban J connectivity index is 1.28. The van der Waals surface area contributed by atoms with Crippen LogP contribution in [0.5, 0.6) is 17.2 Å². The first kappa shape index (κ1) is 26.1. The third-order valence-electron chi connectivity index (χ3n) is 7.10. The molecule has 0 N–H and O–H groups in total. The number of halogens is 1. The minimum Gasteiger partial charge on any atom is -0.493 e. The van der Waals surface area contributed by atoms with Gasteiger partial charge in [0, 0.05) is 43.8 Å². The number of amides is 1. The van der Waals surface area contributed by atoms with E-state index in [0.29, 0.717) is 55.4 Å². The molecule has 1 saturated heterocycles. The number of aromatic nitrogens is 1. The molecule has 202 valence electrons. The lowest BCUT2D eigenvalue weighted by Crippen LogP contribution is -2.50. The van der Waals surface area contributed by atoms with Crippen molar-refractivity contribution >= 4 is 5.91 Å². The normalized spacial score (nSPS) is 16.1. The van der Waals surface area contributed by atoms with Crippen LogP contribution in [-0.2, 0) is 10.3 Å². The molecular weight excluding hydrogens is 487 g/mol. The number of benzene rings is 2. The van der Waals surface area contributed by atoms with Crippen LogP contribution in [0, 0.1) is 5.82 Å². The summed E-state index contributed by atoms with van der Waals surface area (Å²) < 4.78 is 39.9. The molecule has 2 aromatic carbocycles. The lowest BCUT2D eigenvalue weighted by molar-refractivity contribution is -0.0789. The van der Waals surface area contributed by atoms with Crippen molar-refractivity contribution in [2.45, 2.75) is 57.8 Å². The second-order valence-electron chi connectivity index (χ2n) is 10.8. The molecule has 2 aliphatic heterocycles. The SMILES string of the molecule is COc1cc(C(=O)N2CCC3(CC2)Oc2cc(F)ccc2-n2cccc23)ccc1OCC(C)(C)OC(C)C. The van der Waals surface area contributed by atoms with Crippen molar-refractivity contribution in [3.63, 3.8) is 0 Å². The van der Waals surface area contributed by atoms with Gasteiger partial charge in [-0.3, -0.25) is 4.79 Å². The van der Waals surface area contributed by atoms with E-state index in [0.717, 1.165) is 11.4 Å². The Morgan fingerprint density at radius 3 is 2.58 bits per heavy atom. The molecule has 0 atom stereocenters. The molecule has 8 heteroatoms. The molecule has 7 nitrogen and oxygen atoms in total. The van der Waals surface area contributed by atoms with E-state index in [1.807, 2.05) is 50.9 Å². The second-order valence-corrected chi connectivity index (χ2v) is 10.8. The largest absolute Gasteiger partial charge is 0.493 e. The summed E-state index contributed by atoms with van der Waals surface area (Å²) in [5.74, 6) is 1.17. The van der Waals surface area contributed by atoms with Crippen LogP contribution in [0.2, 0.25) is 0 Å². The molecule has 0 radical (unpaired) electrons. The Morgan fingerprint density at radius 1 is 1.11 bits per heavy atom. The van der Waals surface area contributed by atoms with E-state index in [4.69, 9.17) is 18.9 Å². The average Bonchev–Trinajstić information content (AvgIpc) is 3.38. The predicted octanol–water partition coefficient (Wildman–Crippen LogP) is 5.73. The highest BCUT2D eigenvalue weighted by Crippen LogP contribution is 2.45. The van der Waals surface area contributed by atoms with Gasteiger partial charge in [-0.25, -0.2) is 4.39 Å². The molecule has 1 aromatic heterocycles. The van der Waals surface area contributed by atoms with Gasteiger partial charge in [-0.1, -0.05) is 0 Å². The van der Waals surface area contributed by atoms with Crippen LogP contribution in [0.1, 0.15) is 56.6 Å². The lowest BCUT2D eigenvalue weighted by Gasteiger charge is -2.45. The topological polar surface area (TPSA) is 62.2 Å². The highest BCUT2D eigenvalue weighted by atomic mass is 19.1. The molecule has 3 aromatic rings. The van der Waals surface area contributed by atoms with Gasteiger partial charge in [-0.2, -0.15) is 0 Å². The fraction of sp³-hybridized carbons (Fsp3) is 0.433. The highest BCUT2D eigenvalue weighted by molar-refractivity contribution is 5.95. The standard InChI is InChI=1S/C30H35FN2O5/c1-20(2)37-29(3,4)19-36-24-11-8-21(17-26(24)35-5)28(34)32-15-12-30(13-16-32)27-7-6-14-33(27)23-10-9-22(31)18-25(23)38-30/h6-11,14,17-18,20H,12-13,15-16,19H2,1-5H3. The van der Waals surface area contributed by atoms with E-state index < -0.39 is 11.2 Å². The number of hydrogen-bond donors (Lipinski definition) is 0. The Labute approximate surface area is 223 Å². The van der Waals surface area contributed by atoms with Crippen molar-refractivity contribution in [2.75, 3.05) is 26.8 Å². The van der Waals surface area contributed by atoms with Crippen molar-refractivity contribution in [1.29, 1.82) is 0 Å². The van der Waals surface area contributed by atoms with Gasteiger partial charge in [0.25, 0.3) is 5.91 Å². The number of nitrogens with zero attached hydrogens (tertiary/aromatic N) is 2. The average molecular weight is 523 g/mol. The molecule has 1 spiro atoms. The minimum absolute atomic E-state index is 0.0780. The molecule has 38 heavy (non-hydrogen) atoms. The Kier molecular flexibility index (Phi) is 6.86. The summed E-state index contributed by atoms with van der Waals surface area (Å²) in [6.07, 6.45) is 3.25. The van der Waals surface area contributed by atoms with Crippen LogP contribution < -0.4 is 14.2 Å². The third-order valence-corrected chi connectivity index (χ3v) is 7.10. The molecule has 3 heterocycles. The van der Waals surface area contributed by atoms with Crippen LogP contribution in [0.4, 0.5) is 4.39 Å². The Morgan fingerprint density at radius 2 is 1.87 bits per heavy atom. The molecule has 2 aliphatic rings. The van der Waals surface area contributed by atoms with Crippen LogP contribution in [-0.4, -0.2) is 53.9 Å². The maximum atomic E-state index is 14.0. The molecule has 1 fully saturated rings. The summed E-state index contributed by atoms with van der Waals surface area (Å²) in [4.78, 5) is 15.3. The number of ether oxygens (including phenoxy) is 4. The number of carbonyl (C=O) groups is 1. The minimum atomic E-state index is -0.610. The van der Waals surface area contributed by atoms with Crippen LogP contribution in [0.3, 0.4) is 0 Å². The first-order chi connectivity index (χ1) is 18.1. The van der Waals surface area contributed by atoms with Crippen molar-refractivity contribution in [1.82, 2.24) is 9.47 Å². The molecule has 1 amide bonds. The monoisotopic (exact) mass is 522 g/mol. The van der Waals surface area contributed by atoms with E-state index in [9.17, 15) is 9.18 Å². The number of piperidine rings is 1. The van der Waals surface area contributed by atoms with Crippen molar-refractivity contribution < 1.29 is 28.1 Å². The van der Waals surface area contributed by atoms with Crippen molar-refractivity contribution in [2.24, 2.45) is 0 Å². The quantitative estimate of drug-likeness (QED) is 0.397. The molecule has 5 rings (SSSR count). The zero-order valence-electron chi connectivity index (χ0n) is 22.6. The van der Waals surface area contributed by atoms with Gasteiger partial charge < -0.3 is 28.4 Å². The van der Waals surface area contributed by atoms with E-state index in [1.54, 1.807) is 31.4 Å². The van der Waals surface area contributed by atoms with E-state index in [2.05, 4.69) is 4.57 Å². The fourth-order valence-corrected chi connectivity index (χ4v) is 5.45. The van der Waals surface area contributed by atoms with Crippen molar-refractivity contribution in [3.05, 3.63) is 71.8 Å². The predicted molar refractivity (Wildman–Crippen MR) is 142 cm³/mol. The summed E-state index contributed by atoms with van der Waals surface area (Å²) in [7, 11) is 1.56. The smallest absolute Gasteiger partial charge is 0.253 e. The lowest BCUT2D eigenvalue weighted by atomic mass is 9.86.